The summed E-state index contributed by atoms with van der Waals surface area (Å²) in [6.07, 6.45) is 9.25. The van der Waals surface area contributed by atoms with Gasteiger partial charge in [-0.1, -0.05) is 524 Å². The Morgan fingerprint density at radius 1 is 0.176 bits per heavy atom. The minimum absolute atomic E-state index is 1.03. The molecule has 5 aromatic heterocycles. The molecule has 708 valence electrons. The van der Waals surface area contributed by atoms with Gasteiger partial charge in [-0.25, -0.2) is 0 Å². The molecule has 0 saturated heterocycles. The van der Waals surface area contributed by atoms with Crippen molar-refractivity contribution in [1.29, 1.82) is 0 Å². The van der Waals surface area contributed by atoms with Crippen LogP contribution in [0.1, 0.15) is 261 Å². The molecule has 16 rings (SSSR count). The van der Waals surface area contributed by atoms with E-state index in [0.717, 1.165) is 28.5 Å². The molecule has 0 atom stereocenters. The number of aryl methyl sites for hydroxylation is 7. The van der Waals surface area contributed by atoms with Crippen LogP contribution in [0.15, 0.2) is 377 Å². The molecule has 16 aromatic rings. The summed E-state index contributed by atoms with van der Waals surface area (Å²) in [6, 6.07) is 119. The maximum Gasteiger partial charge on any atom is 0.0731 e. The summed E-state index contributed by atoms with van der Waals surface area (Å²) in [7, 11) is 0. The molecule has 0 aliphatic rings. The zero-order valence-electron chi connectivity index (χ0n) is 89.5. The summed E-state index contributed by atoms with van der Waals surface area (Å²) in [5, 5.41) is 5.27. The van der Waals surface area contributed by atoms with Crippen molar-refractivity contribution in [3.63, 3.8) is 0 Å². The molecule has 5 heterocycles. The number of hydrogen-bond donors (Lipinski definition) is 0. The smallest absolute Gasteiger partial charge is 0.0731 e. The summed E-state index contributed by atoms with van der Waals surface area (Å²) < 4.78 is 0. The van der Waals surface area contributed by atoms with Crippen LogP contribution in [-0.4, -0.2) is 24.9 Å². The zero-order valence-corrected chi connectivity index (χ0v) is 89.5. The Labute approximate surface area is 805 Å². The van der Waals surface area contributed by atoms with Gasteiger partial charge >= 0.3 is 0 Å². The van der Waals surface area contributed by atoms with E-state index in [4.69, 9.17) is 0 Å². The number of rotatable bonds is 7. The third-order valence-corrected chi connectivity index (χ3v) is 16.5. The number of fused-ring (bicyclic) bond motifs is 2. The summed E-state index contributed by atoms with van der Waals surface area (Å²) >= 11 is 0. The van der Waals surface area contributed by atoms with Gasteiger partial charge in [0.05, 0.1) is 22.8 Å². The van der Waals surface area contributed by atoms with Crippen molar-refractivity contribution < 1.29 is 0 Å². The lowest BCUT2D eigenvalue weighted by Gasteiger charge is -2.09. The average molecular weight is 1760 g/mol. The normalized spacial score (nSPS) is 8.42. The number of pyridine rings is 5. The van der Waals surface area contributed by atoms with Crippen LogP contribution >= 0.6 is 0 Å². The molecular formula is C126H179N5. The van der Waals surface area contributed by atoms with Crippen LogP contribution in [0.2, 0.25) is 0 Å². The van der Waals surface area contributed by atoms with Gasteiger partial charge in [0.1, 0.15) is 0 Å². The summed E-state index contributed by atoms with van der Waals surface area (Å²) in [4.78, 5) is 21.6. The topological polar surface area (TPSA) is 64.5 Å². The van der Waals surface area contributed by atoms with Crippen molar-refractivity contribution in [2.45, 2.75) is 270 Å². The van der Waals surface area contributed by atoms with Gasteiger partial charge in [0.15, 0.2) is 0 Å². The first-order valence-electron chi connectivity index (χ1n) is 49.5. The van der Waals surface area contributed by atoms with E-state index < -0.39 is 0 Å². The Morgan fingerprint density at radius 3 is 1.04 bits per heavy atom. The molecule has 0 unspecified atom stereocenters. The zero-order chi connectivity index (χ0) is 101. The van der Waals surface area contributed by atoms with E-state index in [1.165, 1.54) is 111 Å². The van der Waals surface area contributed by atoms with Gasteiger partial charge in [-0.05, 0) is 174 Å². The maximum absolute atomic E-state index is 4.44. The Balaban J connectivity index is -0.000000261. The Kier molecular flexibility index (Phi) is 95.8. The highest BCUT2D eigenvalue weighted by atomic mass is 14.7. The van der Waals surface area contributed by atoms with Crippen molar-refractivity contribution in [1.82, 2.24) is 24.9 Å². The monoisotopic (exact) mass is 1760 g/mol. The lowest BCUT2D eigenvalue weighted by atomic mass is 9.96. The van der Waals surface area contributed by atoms with Crippen LogP contribution in [-0.2, 0) is 0 Å². The van der Waals surface area contributed by atoms with E-state index in [9.17, 15) is 0 Å². The Bertz CT molecular complexity index is 4890. The van der Waals surface area contributed by atoms with Crippen LogP contribution in [0.4, 0.5) is 0 Å². The highest BCUT2D eigenvalue weighted by Gasteiger charge is 2.07. The van der Waals surface area contributed by atoms with Crippen molar-refractivity contribution in [2.24, 2.45) is 0 Å². The summed E-state index contributed by atoms with van der Waals surface area (Å²) in [5.41, 5.74) is 25.1. The Morgan fingerprint density at radius 2 is 0.580 bits per heavy atom. The number of nitrogens with zero attached hydrogens (tertiary/aromatic N) is 5. The maximum atomic E-state index is 4.44. The van der Waals surface area contributed by atoms with Crippen molar-refractivity contribution in [2.75, 3.05) is 0 Å². The molecular weight excluding hydrogens is 1580 g/mol. The van der Waals surface area contributed by atoms with Gasteiger partial charge in [-0.15, -0.1) is 0 Å². The fourth-order valence-electron chi connectivity index (χ4n) is 11.1. The fraction of sp³-hybridized carbons (Fsp3) is 0.310. The molecule has 0 saturated carbocycles. The highest BCUT2D eigenvalue weighted by Crippen LogP contribution is 2.31. The molecule has 131 heavy (non-hydrogen) atoms. The van der Waals surface area contributed by atoms with E-state index in [1.54, 1.807) is 6.20 Å². The first-order chi connectivity index (χ1) is 64.5. The van der Waals surface area contributed by atoms with Gasteiger partial charge in [-0.2, -0.15) is 0 Å². The second-order valence-corrected chi connectivity index (χ2v) is 24.1. The molecule has 0 bridgehead atoms. The van der Waals surface area contributed by atoms with Gasteiger partial charge in [0.2, 0.25) is 0 Å². The van der Waals surface area contributed by atoms with Crippen molar-refractivity contribution in [3.8, 4) is 78.4 Å². The Hall–Kier alpha value is -12.3. The molecule has 0 radical (unpaired) electrons. The molecule has 0 aliphatic carbocycles. The van der Waals surface area contributed by atoms with E-state index in [-0.39, 0.29) is 0 Å². The first-order valence-corrected chi connectivity index (χ1v) is 49.5. The first kappa shape index (κ1) is 132. The van der Waals surface area contributed by atoms with Crippen LogP contribution < -0.4 is 0 Å². The van der Waals surface area contributed by atoms with E-state index in [1.807, 2.05) is 375 Å². The SMILES string of the molecule is CC.CC.CC.CC.CC.CC.CC.CC.CC.CC.CC.CC.CC.CC.CC.CC.Cc1ccc(-c2ccc3ccccc3c2)cc1.Cc1ccc(-c2ccccc2)c2ccccc12.Cc1ccc(-c2ccccc2)nc1.Cc1cccc(-c2ccccc2)n1.Cc1ccccc1-c1cccnc1.Cc1cccnc1-c1ccccc1.Cc1ccnc(-c2ccccc2)c1. The standard InChI is InChI=1S/2C17H14.5C12H11N.16C2H6/c1-13-11-12-16(14-7-3-2-4-8-14)17-10-6-5-9-15(13)17;1-13-6-8-15(9-7-13)17-11-10-14-4-2-3-5-16(14)12-17;1-10-5-2-3-7-12(10)11-6-4-8-13-9-11;1-10-6-5-9-13-12(10)11-7-3-2-4-8-11;1-10-6-5-9-12(13-10)11-7-3-2-4-8-11;1-10-7-8-13-12(9-10)11-5-3-2-4-6-11;1-10-7-8-12(13-9-10)11-5-3-2-4-6-11;16*1-2/h2*2-12H,1H3;5*2-9H,1H3;16*1-2H3. The molecule has 0 N–H and O–H groups in total. The molecule has 5 heteroatoms. The largest absolute Gasteiger partial charge is 0.264 e. The van der Waals surface area contributed by atoms with Crippen LogP contribution in [0.5, 0.6) is 0 Å². The number of benzene rings is 11. The second-order valence-electron chi connectivity index (χ2n) is 24.1. The molecule has 0 aliphatic heterocycles. The fourth-order valence-corrected chi connectivity index (χ4v) is 11.1. The lowest BCUT2D eigenvalue weighted by Crippen LogP contribution is -1.85. The summed E-state index contributed by atoms with van der Waals surface area (Å²) in [5.74, 6) is 0. The molecule has 0 fully saturated rings. The van der Waals surface area contributed by atoms with Gasteiger partial charge in [0, 0.05) is 64.5 Å². The lowest BCUT2D eigenvalue weighted by molar-refractivity contribution is 1.21. The molecule has 0 spiro atoms. The van der Waals surface area contributed by atoms with E-state index in [0.29, 0.717) is 0 Å². The predicted molar refractivity (Wildman–Crippen MR) is 602 cm³/mol. The molecule has 0 amide bonds. The van der Waals surface area contributed by atoms with Gasteiger partial charge in [-0.3, -0.25) is 24.9 Å². The third-order valence-electron chi connectivity index (χ3n) is 16.5. The van der Waals surface area contributed by atoms with Crippen LogP contribution in [0.3, 0.4) is 0 Å². The van der Waals surface area contributed by atoms with Crippen LogP contribution in [0, 0.1) is 48.5 Å². The predicted octanol–water partition coefficient (Wildman–Crippen LogP) is 41.3. The van der Waals surface area contributed by atoms with E-state index in [2.05, 4.69) is 290 Å². The van der Waals surface area contributed by atoms with Gasteiger partial charge in [0.25, 0.3) is 0 Å². The number of aromatic nitrogens is 5. The van der Waals surface area contributed by atoms with E-state index >= 15 is 0 Å². The molecule has 5 nitrogen and oxygen atoms in total. The van der Waals surface area contributed by atoms with Crippen molar-refractivity contribution >= 4 is 21.5 Å². The number of hydrogen-bond acceptors (Lipinski definition) is 5. The average Bonchev–Trinajstić information content (AvgIpc) is 0.790. The van der Waals surface area contributed by atoms with Crippen LogP contribution in [0.25, 0.3) is 100.0 Å². The summed E-state index contributed by atoms with van der Waals surface area (Å²) in [6.45, 7) is 78.6. The highest BCUT2D eigenvalue weighted by molar-refractivity contribution is 5.98. The van der Waals surface area contributed by atoms with Gasteiger partial charge < -0.3 is 0 Å². The van der Waals surface area contributed by atoms with Crippen molar-refractivity contribution in [3.05, 3.63) is 416 Å². The molecule has 11 aromatic carbocycles. The second kappa shape index (κ2) is 95.3. The third kappa shape index (κ3) is 54.7. The quantitative estimate of drug-likeness (QED) is 0.159. The minimum atomic E-state index is 1.03. The minimum Gasteiger partial charge on any atom is -0.264 e.